The molecule has 0 unspecified atom stereocenters. The molecule has 0 spiro atoms. The van der Waals surface area contributed by atoms with E-state index < -0.39 is 10.8 Å². The molecule has 0 aliphatic carbocycles. The summed E-state index contributed by atoms with van der Waals surface area (Å²) in [4.78, 5) is 6.76. The van der Waals surface area contributed by atoms with E-state index in [4.69, 9.17) is 5.73 Å². The molecule has 0 radical (unpaired) electrons. The van der Waals surface area contributed by atoms with Crippen LogP contribution in [0.1, 0.15) is 11.4 Å². The van der Waals surface area contributed by atoms with Crippen LogP contribution in [0, 0.1) is 0 Å². The van der Waals surface area contributed by atoms with E-state index >= 15 is 0 Å². The molecule has 16 heavy (non-hydrogen) atoms. The number of nitrogens with two attached hydrogens (primary N) is 1. The monoisotopic (exact) mass is 239 g/mol. The average Bonchev–Trinajstić information content (AvgIpc) is 2.32. The second-order valence-electron chi connectivity index (χ2n) is 3.95. The van der Waals surface area contributed by atoms with E-state index in [1.54, 1.807) is 0 Å². The van der Waals surface area contributed by atoms with Crippen molar-refractivity contribution in [2.75, 3.05) is 24.6 Å². The number of nitrogens with zero attached hydrogens (tertiary/aromatic N) is 2. The second kappa shape index (κ2) is 5.52. The van der Waals surface area contributed by atoms with Crippen molar-refractivity contribution < 1.29 is 4.21 Å². The summed E-state index contributed by atoms with van der Waals surface area (Å²) >= 11 is 0. The normalized spacial score (nSPS) is 18.8. The Labute approximate surface area is 98.3 Å². The zero-order chi connectivity index (χ0) is 11.4. The van der Waals surface area contributed by atoms with Gasteiger partial charge in [0.25, 0.3) is 0 Å². The zero-order valence-corrected chi connectivity index (χ0v) is 10.1. The van der Waals surface area contributed by atoms with Crippen molar-refractivity contribution in [3.05, 3.63) is 29.6 Å². The number of rotatable bonds is 3. The Balaban J connectivity index is 1.95. The number of pyridine rings is 1. The zero-order valence-electron chi connectivity index (χ0n) is 9.26. The van der Waals surface area contributed by atoms with Crippen molar-refractivity contribution in [2.45, 2.75) is 13.1 Å². The third-order valence-electron chi connectivity index (χ3n) is 2.73. The Hall–Kier alpha value is -0.780. The lowest BCUT2D eigenvalue weighted by Crippen LogP contribution is -2.37. The number of hydrogen-bond acceptors (Lipinski definition) is 4. The van der Waals surface area contributed by atoms with Gasteiger partial charge in [0.15, 0.2) is 0 Å². The van der Waals surface area contributed by atoms with Gasteiger partial charge in [-0.25, -0.2) is 0 Å². The fourth-order valence-corrected chi connectivity index (χ4v) is 2.92. The van der Waals surface area contributed by atoms with Crippen LogP contribution >= 0.6 is 0 Å². The first-order chi connectivity index (χ1) is 7.78. The Morgan fingerprint density at radius 1 is 1.31 bits per heavy atom. The fraction of sp³-hybridized carbons (Fsp3) is 0.545. The molecule has 1 aliphatic heterocycles. The molecule has 0 atom stereocenters. The Morgan fingerprint density at radius 3 is 2.69 bits per heavy atom. The van der Waals surface area contributed by atoms with Crippen LogP contribution in [-0.4, -0.2) is 38.7 Å². The van der Waals surface area contributed by atoms with Crippen LogP contribution in [0.15, 0.2) is 18.2 Å². The molecule has 2 N–H and O–H groups in total. The first-order valence-electron chi connectivity index (χ1n) is 5.50. The van der Waals surface area contributed by atoms with E-state index in [9.17, 15) is 4.21 Å². The van der Waals surface area contributed by atoms with Crippen molar-refractivity contribution in [1.29, 1.82) is 0 Å². The molecule has 5 heteroatoms. The summed E-state index contributed by atoms with van der Waals surface area (Å²) in [6.07, 6.45) is 0. The summed E-state index contributed by atoms with van der Waals surface area (Å²) in [5, 5.41) is 0. The summed E-state index contributed by atoms with van der Waals surface area (Å²) in [6.45, 7) is 3.13. The van der Waals surface area contributed by atoms with Gasteiger partial charge in [0, 0.05) is 48.5 Å². The molecule has 88 valence electrons. The van der Waals surface area contributed by atoms with Gasteiger partial charge < -0.3 is 5.73 Å². The molecule has 4 nitrogen and oxygen atoms in total. The van der Waals surface area contributed by atoms with Crippen LogP contribution < -0.4 is 5.73 Å². The lowest BCUT2D eigenvalue weighted by atomic mass is 10.3. The van der Waals surface area contributed by atoms with E-state index in [2.05, 4.69) is 9.88 Å². The highest BCUT2D eigenvalue weighted by Crippen LogP contribution is 2.07. The van der Waals surface area contributed by atoms with Crippen LogP contribution in [0.3, 0.4) is 0 Å². The van der Waals surface area contributed by atoms with Gasteiger partial charge >= 0.3 is 0 Å². The first-order valence-corrected chi connectivity index (χ1v) is 6.99. The van der Waals surface area contributed by atoms with Crippen LogP contribution in [0.5, 0.6) is 0 Å². The topological polar surface area (TPSA) is 59.2 Å². The molecule has 2 heterocycles. The van der Waals surface area contributed by atoms with E-state index in [0.29, 0.717) is 6.54 Å². The van der Waals surface area contributed by atoms with Crippen LogP contribution in [0.25, 0.3) is 0 Å². The SMILES string of the molecule is NCc1cccc(CN2CCS(=O)CC2)n1. The highest BCUT2D eigenvalue weighted by atomic mass is 32.2. The van der Waals surface area contributed by atoms with Gasteiger partial charge in [0.05, 0.1) is 11.4 Å². The van der Waals surface area contributed by atoms with Crippen molar-refractivity contribution in [3.63, 3.8) is 0 Å². The largest absolute Gasteiger partial charge is 0.325 e. The maximum atomic E-state index is 11.2. The average molecular weight is 239 g/mol. The summed E-state index contributed by atoms with van der Waals surface area (Å²) in [6, 6.07) is 5.95. The summed E-state index contributed by atoms with van der Waals surface area (Å²) in [5.41, 5.74) is 7.53. The van der Waals surface area contributed by atoms with E-state index in [1.165, 1.54) is 0 Å². The van der Waals surface area contributed by atoms with E-state index in [-0.39, 0.29) is 0 Å². The molecular weight excluding hydrogens is 222 g/mol. The van der Waals surface area contributed by atoms with Gasteiger partial charge in [-0.15, -0.1) is 0 Å². The maximum Gasteiger partial charge on any atom is 0.0547 e. The van der Waals surface area contributed by atoms with Gasteiger partial charge in [-0.05, 0) is 12.1 Å². The molecule has 2 rings (SSSR count). The van der Waals surface area contributed by atoms with E-state index in [0.717, 1.165) is 42.5 Å². The number of hydrogen-bond donors (Lipinski definition) is 1. The minimum Gasteiger partial charge on any atom is -0.325 e. The summed E-state index contributed by atoms with van der Waals surface area (Å²) in [5.74, 6) is 1.58. The standard InChI is InChI=1S/C11H17N3OS/c12-8-10-2-1-3-11(13-10)9-14-4-6-16(15)7-5-14/h1-3H,4-9,12H2. The Bertz CT molecular complexity index is 373. The molecule has 1 aliphatic rings. The van der Waals surface area contributed by atoms with Crippen molar-refractivity contribution >= 4 is 10.8 Å². The predicted molar refractivity (Wildman–Crippen MR) is 65.3 cm³/mol. The molecule has 1 aromatic rings. The van der Waals surface area contributed by atoms with Gasteiger partial charge in [-0.3, -0.25) is 14.1 Å². The molecule has 0 aromatic carbocycles. The third kappa shape index (κ3) is 3.10. The minimum atomic E-state index is -0.607. The highest BCUT2D eigenvalue weighted by Gasteiger charge is 2.15. The van der Waals surface area contributed by atoms with Crippen LogP contribution in [0.4, 0.5) is 0 Å². The number of aromatic nitrogens is 1. The molecule has 0 bridgehead atoms. The van der Waals surface area contributed by atoms with Gasteiger partial charge in [-0.1, -0.05) is 6.07 Å². The third-order valence-corrected chi connectivity index (χ3v) is 4.01. The molecule has 0 amide bonds. The predicted octanol–water partition coefficient (Wildman–Crippen LogP) is 0.105. The first kappa shape index (κ1) is 11.7. The van der Waals surface area contributed by atoms with Crippen molar-refractivity contribution in [1.82, 2.24) is 9.88 Å². The Morgan fingerprint density at radius 2 is 2.00 bits per heavy atom. The second-order valence-corrected chi connectivity index (χ2v) is 5.64. The highest BCUT2D eigenvalue weighted by molar-refractivity contribution is 7.85. The van der Waals surface area contributed by atoms with Crippen LogP contribution in [0.2, 0.25) is 0 Å². The molecular formula is C11H17N3OS. The smallest absolute Gasteiger partial charge is 0.0547 e. The Kier molecular flexibility index (Phi) is 4.04. The van der Waals surface area contributed by atoms with Gasteiger partial charge in [-0.2, -0.15) is 0 Å². The van der Waals surface area contributed by atoms with Gasteiger partial charge in [0.1, 0.15) is 0 Å². The lowest BCUT2D eigenvalue weighted by molar-refractivity contribution is 0.288. The molecule has 1 saturated heterocycles. The summed E-state index contributed by atoms with van der Waals surface area (Å²) < 4.78 is 11.2. The van der Waals surface area contributed by atoms with Crippen molar-refractivity contribution in [2.24, 2.45) is 5.73 Å². The van der Waals surface area contributed by atoms with Crippen LogP contribution in [-0.2, 0) is 23.9 Å². The lowest BCUT2D eigenvalue weighted by Gasteiger charge is -2.25. The molecule has 0 saturated carbocycles. The van der Waals surface area contributed by atoms with E-state index in [1.807, 2.05) is 18.2 Å². The molecule has 1 aromatic heterocycles. The minimum absolute atomic E-state index is 0.484. The molecule has 1 fully saturated rings. The van der Waals surface area contributed by atoms with Gasteiger partial charge in [0.2, 0.25) is 0 Å². The fourth-order valence-electron chi connectivity index (χ4n) is 1.79. The quantitative estimate of drug-likeness (QED) is 0.813. The maximum absolute atomic E-state index is 11.2. The van der Waals surface area contributed by atoms with Crippen molar-refractivity contribution in [3.8, 4) is 0 Å². The summed E-state index contributed by atoms with van der Waals surface area (Å²) in [7, 11) is -0.607.